The first kappa shape index (κ1) is 15.4. The summed E-state index contributed by atoms with van der Waals surface area (Å²) in [6.07, 6.45) is 0. The van der Waals surface area contributed by atoms with E-state index in [1.807, 2.05) is 50.2 Å². The fraction of sp³-hybridized carbons (Fsp3) is 0.278. The third-order valence-corrected chi connectivity index (χ3v) is 3.84. The van der Waals surface area contributed by atoms with Gasteiger partial charge in [0.05, 0.1) is 6.54 Å². The number of anilines is 1. The number of aryl methyl sites for hydroxylation is 2. The molecule has 0 fully saturated rings. The fourth-order valence-corrected chi connectivity index (χ4v) is 2.40. The van der Waals surface area contributed by atoms with Crippen LogP contribution in [0.4, 0.5) is 5.69 Å². The normalized spacial score (nSPS) is 12.3. The van der Waals surface area contributed by atoms with E-state index in [4.69, 9.17) is 9.47 Å². The number of fused-ring (bicyclic) bond motifs is 1. The van der Waals surface area contributed by atoms with E-state index in [9.17, 15) is 4.79 Å². The fourth-order valence-electron chi connectivity index (χ4n) is 2.40. The summed E-state index contributed by atoms with van der Waals surface area (Å²) in [6, 6.07) is 11.7. The van der Waals surface area contributed by atoms with Gasteiger partial charge in [0, 0.05) is 12.2 Å². The molecule has 1 amide bonds. The summed E-state index contributed by atoms with van der Waals surface area (Å²) in [7, 11) is 0. The maximum Gasteiger partial charge on any atom is 0.238 e. The van der Waals surface area contributed by atoms with Crippen molar-refractivity contribution in [1.82, 2.24) is 5.32 Å². The maximum absolute atomic E-state index is 12.0. The van der Waals surface area contributed by atoms with Crippen LogP contribution in [0.5, 0.6) is 11.5 Å². The molecule has 5 heteroatoms. The van der Waals surface area contributed by atoms with Gasteiger partial charge in [0.15, 0.2) is 11.5 Å². The first-order valence-corrected chi connectivity index (χ1v) is 7.58. The summed E-state index contributed by atoms with van der Waals surface area (Å²) < 4.78 is 10.6. The number of ether oxygens (including phenoxy) is 2. The number of hydrogen-bond acceptors (Lipinski definition) is 4. The predicted molar refractivity (Wildman–Crippen MR) is 88.8 cm³/mol. The van der Waals surface area contributed by atoms with Crippen LogP contribution in [0.2, 0.25) is 0 Å². The standard InChI is InChI=1S/C18H20N2O3/c1-12-3-5-15(7-13(12)2)20-18(21)10-19-9-14-4-6-16-17(8-14)23-11-22-16/h3-8,19H,9-11H2,1-2H3,(H,20,21). The van der Waals surface area contributed by atoms with Crippen LogP contribution in [-0.2, 0) is 11.3 Å². The minimum absolute atomic E-state index is 0.0611. The lowest BCUT2D eigenvalue weighted by molar-refractivity contribution is -0.115. The molecule has 1 aliphatic rings. The molecule has 1 aliphatic heterocycles. The second-order valence-electron chi connectivity index (χ2n) is 5.64. The molecule has 2 N–H and O–H groups in total. The second-order valence-corrected chi connectivity index (χ2v) is 5.64. The van der Waals surface area contributed by atoms with E-state index < -0.39 is 0 Å². The van der Waals surface area contributed by atoms with E-state index in [2.05, 4.69) is 10.6 Å². The highest BCUT2D eigenvalue weighted by Crippen LogP contribution is 2.32. The molecule has 0 saturated heterocycles. The van der Waals surface area contributed by atoms with E-state index in [1.54, 1.807) is 0 Å². The zero-order valence-electron chi connectivity index (χ0n) is 13.3. The second kappa shape index (κ2) is 6.71. The Balaban J connectivity index is 1.48. The van der Waals surface area contributed by atoms with Gasteiger partial charge >= 0.3 is 0 Å². The molecule has 2 aromatic rings. The number of benzene rings is 2. The van der Waals surface area contributed by atoms with Crippen LogP contribution in [-0.4, -0.2) is 19.2 Å². The molecule has 120 valence electrons. The summed E-state index contributed by atoms with van der Waals surface area (Å²) in [5.41, 5.74) is 4.25. The summed E-state index contributed by atoms with van der Waals surface area (Å²) in [4.78, 5) is 12.0. The van der Waals surface area contributed by atoms with Crippen molar-refractivity contribution in [2.45, 2.75) is 20.4 Å². The Labute approximate surface area is 135 Å². The number of nitrogens with one attached hydrogen (secondary N) is 2. The Morgan fingerprint density at radius 3 is 2.70 bits per heavy atom. The minimum atomic E-state index is -0.0611. The van der Waals surface area contributed by atoms with Gasteiger partial charge in [0.2, 0.25) is 12.7 Å². The number of amides is 1. The molecule has 23 heavy (non-hydrogen) atoms. The molecule has 0 saturated carbocycles. The Hall–Kier alpha value is -2.53. The molecule has 0 bridgehead atoms. The summed E-state index contributed by atoms with van der Waals surface area (Å²) in [5.74, 6) is 1.46. The molecule has 1 heterocycles. The van der Waals surface area contributed by atoms with Gasteiger partial charge in [0.25, 0.3) is 0 Å². The van der Waals surface area contributed by atoms with Gasteiger partial charge in [-0.15, -0.1) is 0 Å². The van der Waals surface area contributed by atoms with Crippen LogP contribution in [0.1, 0.15) is 16.7 Å². The highest BCUT2D eigenvalue weighted by atomic mass is 16.7. The maximum atomic E-state index is 12.0. The van der Waals surface area contributed by atoms with Crippen molar-refractivity contribution in [3.8, 4) is 11.5 Å². The summed E-state index contributed by atoms with van der Waals surface area (Å²) >= 11 is 0. The van der Waals surface area contributed by atoms with E-state index in [0.29, 0.717) is 6.54 Å². The van der Waals surface area contributed by atoms with Gasteiger partial charge in [-0.1, -0.05) is 12.1 Å². The van der Waals surface area contributed by atoms with E-state index in [-0.39, 0.29) is 19.2 Å². The number of hydrogen-bond donors (Lipinski definition) is 2. The summed E-state index contributed by atoms with van der Waals surface area (Å²) in [6.45, 7) is 5.19. The molecule has 0 aromatic heterocycles. The predicted octanol–water partition coefficient (Wildman–Crippen LogP) is 2.76. The first-order chi connectivity index (χ1) is 11.1. The van der Waals surface area contributed by atoms with Gasteiger partial charge in [-0.2, -0.15) is 0 Å². The minimum Gasteiger partial charge on any atom is -0.454 e. The zero-order valence-corrected chi connectivity index (χ0v) is 13.3. The number of carbonyl (C=O) groups excluding carboxylic acids is 1. The van der Waals surface area contributed by atoms with Gasteiger partial charge in [-0.3, -0.25) is 4.79 Å². The van der Waals surface area contributed by atoms with Crippen molar-refractivity contribution in [2.75, 3.05) is 18.7 Å². The molecule has 0 radical (unpaired) electrons. The zero-order chi connectivity index (χ0) is 16.2. The van der Waals surface area contributed by atoms with Crippen molar-refractivity contribution in [2.24, 2.45) is 0 Å². The Morgan fingerprint density at radius 1 is 1.04 bits per heavy atom. The van der Waals surface area contributed by atoms with Crippen LogP contribution in [0.3, 0.4) is 0 Å². The van der Waals surface area contributed by atoms with Crippen LogP contribution in [0, 0.1) is 13.8 Å². The molecule has 0 unspecified atom stereocenters. The van der Waals surface area contributed by atoms with Crippen molar-refractivity contribution < 1.29 is 14.3 Å². The number of rotatable bonds is 5. The average Bonchev–Trinajstić information content (AvgIpc) is 2.98. The van der Waals surface area contributed by atoms with Crippen molar-refractivity contribution in [3.63, 3.8) is 0 Å². The lowest BCUT2D eigenvalue weighted by Crippen LogP contribution is -2.27. The monoisotopic (exact) mass is 312 g/mol. The van der Waals surface area contributed by atoms with Crippen LogP contribution in [0.15, 0.2) is 36.4 Å². The molecule has 5 nitrogen and oxygen atoms in total. The SMILES string of the molecule is Cc1ccc(NC(=O)CNCc2ccc3c(c2)OCO3)cc1C. The van der Waals surface area contributed by atoms with Gasteiger partial charge in [0.1, 0.15) is 0 Å². The Morgan fingerprint density at radius 2 is 1.87 bits per heavy atom. The molecular formula is C18H20N2O3. The van der Waals surface area contributed by atoms with E-state index in [0.717, 1.165) is 28.3 Å². The van der Waals surface area contributed by atoms with E-state index in [1.165, 1.54) is 5.56 Å². The quantitative estimate of drug-likeness (QED) is 0.891. The Bertz CT molecular complexity index is 728. The summed E-state index contributed by atoms with van der Waals surface area (Å²) in [5, 5.41) is 6.02. The van der Waals surface area contributed by atoms with Crippen molar-refractivity contribution in [1.29, 1.82) is 0 Å². The highest BCUT2D eigenvalue weighted by Gasteiger charge is 2.13. The lowest BCUT2D eigenvalue weighted by atomic mass is 10.1. The number of carbonyl (C=O) groups is 1. The third kappa shape index (κ3) is 3.81. The van der Waals surface area contributed by atoms with Crippen LogP contribution < -0.4 is 20.1 Å². The van der Waals surface area contributed by atoms with Gasteiger partial charge in [-0.25, -0.2) is 0 Å². The molecule has 0 spiro atoms. The van der Waals surface area contributed by atoms with Crippen molar-refractivity contribution in [3.05, 3.63) is 53.1 Å². The highest BCUT2D eigenvalue weighted by molar-refractivity contribution is 5.92. The molecule has 2 aromatic carbocycles. The average molecular weight is 312 g/mol. The third-order valence-electron chi connectivity index (χ3n) is 3.84. The first-order valence-electron chi connectivity index (χ1n) is 7.58. The van der Waals surface area contributed by atoms with E-state index >= 15 is 0 Å². The molecule has 0 atom stereocenters. The van der Waals surface area contributed by atoms with Gasteiger partial charge < -0.3 is 20.1 Å². The molecule has 0 aliphatic carbocycles. The van der Waals surface area contributed by atoms with Crippen LogP contribution in [0.25, 0.3) is 0 Å². The Kier molecular flexibility index (Phi) is 4.48. The van der Waals surface area contributed by atoms with Crippen LogP contribution >= 0.6 is 0 Å². The molecule has 3 rings (SSSR count). The smallest absolute Gasteiger partial charge is 0.238 e. The largest absolute Gasteiger partial charge is 0.454 e. The molecular weight excluding hydrogens is 292 g/mol. The van der Waals surface area contributed by atoms with Crippen molar-refractivity contribution >= 4 is 11.6 Å². The van der Waals surface area contributed by atoms with Gasteiger partial charge in [-0.05, 0) is 54.8 Å². The lowest BCUT2D eigenvalue weighted by Gasteiger charge is -2.09. The topological polar surface area (TPSA) is 59.6 Å².